The number of nitrogens with zero attached hydrogens (tertiary/aromatic N) is 2. The maximum Gasteiger partial charge on any atom is 0.254 e. The van der Waals surface area contributed by atoms with Gasteiger partial charge in [-0.15, -0.1) is 5.16 Å². The molecule has 0 saturated carbocycles. The normalized spacial score (nSPS) is 20.4. The van der Waals surface area contributed by atoms with Crippen LogP contribution in [-0.2, 0) is 4.79 Å². The van der Waals surface area contributed by atoms with Crippen LogP contribution in [0.15, 0.2) is 40.6 Å². The van der Waals surface area contributed by atoms with Crippen molar-refractivity contribution in [1.29, 1.82) is 0 Å². The van der Waals surface area contributed by atoms with E-state index in [-0.39, 0.29) is 5.91 Å². The molecule has 0 aromatic heterocycles. The number of amides is 1. The number of carbonyl (C=O) groups is 1. The number of hydrazone groups is 1. The van der Waals surface area contributed by atoms with E-state index >= 15 is 0 Å². The summed E-state index contributed by atoms with van der Waals surface area (Å²) in [5, 5.41) is 15.2. The van der Waals surface area contributed by atoms with Gasteiger partial charge in [-0.2, -0.15) is 5.10 Å². The van der Waals surface area contributed by atoms with Gasteiger partial charge in [-0.05, 0) is 5.56 Å². The third-order valence-corrected chi connectivity index (χ3v) is 2.15. The van der Waals surface area contributed by atoms with Crippen molar-refractivity contribution in [3.8, 4) is 0 Å². The van der Waals surface area contributed by atoms with Crippen molar-refractivity contribution in [2.75, 3.05) is 0 Å². The van der Waals surface area contributed by atoms with E-state index in [2.05, 4.69) is 15.7 Å². The predicted molar refractivity (Wildman–Crippen MR) is 54.9 cm³/mol. The largest absolute Gasteiger partial charge is 0.411 e. The smallest absolute Gasteiger partial charge is 0.254 e. The van der Waals surface area contributed by atoms with Crippen LogP contribution in [0.4, 0.5) is 0 Å². The molecular formula is C10H9N3O2. The Morgan fingerprint density at radius 1 is 1.40 bits per heavy atom. The summed E-state index contributed by atoms with van der Waals surface area (Å²) in [6, 6.07) is 9.28. The third kappa shape index (κ3) is 1.71. The highest BCUT2D eigenvalue weighted by atomic mass is 16.4. The lowest BCUT2D eigenvalue weighted by Gasteiger charge is -2.03. The van der Waals surface area contributed by atoms with E-state index in [1.165, 1.54) is 0 Å². The van der Waals surface area contributed by atoms with Crippen LogP contribution in [0.5, 0.6) is 0 Å². The van der Waals surface area contributed by atoms with E-state index in [0.717, 1.165) is 11.8 Å². The SMILES string of the molecule is O=C1NN=C(c2ccccc2)C1/C=N/O. The van der Waals surface area contributed by atoms with Gasteiger partial charge in [0.1, 0.15) is 5.92 Å². The molecule has 15 heavy (non-hydrogen) atoms. The molecule has 1 atom stereocenters. The van der Waals surface area contributed by atoms with Crippen molar-refractivity contribution in [2.45, 2.75) is 0 Å². The minimum atomic E-state index is -0.614. The molecule has 5 nitrogen and oxygen atoms in total. The lowest BCUT2D eigenvalue weighted by atomic mass is 9.98. The molecule has 76 valence electrons. The lowest BCUT2D eigenvalue weighted by Crippen LogP contribution is -2.24. The van der Waals surface area contributed by atoms with Crippen LogP contribution in [0.1, 0.15) is 5.56 Å². The molecule has 0 aliphatic carbocycles. The first-order valence-electron chi connectivity index (χ1n) is 4.43. The molecule has 5 heteroatoms. The number of hydrogen-bond donors (Lipinski definition) is 2. The minimum absolute atomic E-state index is 0.286. The van der Waals surface area contributed by atoms with E-state index in [9.17, 15) is 4.79 Å². The number of oxime groups is 1. The fraction of sp³-hybridized carbons (Fsp3) is 0.100. The zero-order valence-corrected chi connectivity index (χ0v) is 7.79. The molecule has 1 amide bonds. The lowest BCUT2D eigenvalue weighted by molar-refractivity contribution is -0.120. The summed E-state index contributed by atoms with van der Waals surface area (Å²) < 4.78 is 0. The van der Waals surface area contributed by atoms with Crippen molar-refractivity contribution >= 4 is 17.8 Å². The molecule has 1 aliphatic rings. The number of carbonyl (C=O) groups excluding carboxylic acids is 1. The molecule has 0 radical (unpaired) electrons. The Bertz CT molecular complexity index is 426. The van der Waals surface area contributed by atoms with Gasteiger partial charge in [0, 0.05) is 0 Å². The van der Waals surface area contributed by atoms with Gasteiger partial charge < -0.3 is 5.21 Å². The molecule has 1 aliphatic heterocycles. The second-order valence-electron chi connectivity index (χ2n) is 3.08. The maximum atomic E-state index is 11.3. The second-order valence-corrected chi connectivity index (χ2v) is 3.08. The standard InChI is InChI=1S/C10H9N3O2/c14-10-8(6-11-15)9(12-13-10)7-4-2-1-3-5-7/h1-6,8,15H,(H,13,14)/b11-6+. The average molecular weight is 203 g/mol. The summed E-state index contributed by atoms with van der Waals surface area (Å²) in [6.45, 7) is 0. The van der Waals surface area contributed by atoms with E-state index in [1.54, 1.807) is 0 Å². The van der Waals surface area contributed by atoms with E-state index in [1.807, 2.05) is 30.3 Å². The minimum Gasteiger partial charge on any atom is -0.411 e. The number of hydrogen-bond acceptors (Lipinski definition) is 4. The first-order chi connectivity index (χ1) is 7.33. The molecule has 1 heterocycles. The van der Waals surface area contributed by atoms with E-state index in [0.29, 0.717) is 5.71 Å². The number of nitrogens with one attached hydrogen (secondary N) is 1. The van der Waals surface area contributed by atoms with Crippen molar-refractivity contribution in [3.05, 3.63) is 35.9 Å². The van der Waals surface area contributed by atoms with Gasteiger partial charge in [-0.3, -0.25) is 4.79 Å². The Morgan fingerprint density at radius 2 is 2.13 bits per heavy atom. The summed E-state index contributed by atoms with van der Waals surface area (Å²) >= 11 is 0. The topological polar surface area (TPSA) is 74.0 Å². The maximum absolute atomic E-state index is 11.3. The van der Waals surface area contributed by atoms with Gasteiger partial charge >= 0.3 is 0 Å². The molecule has 2 N–H and O–H groups in total. The average Bonchev–Trinajstić information content (AvgIpc) is 2.63. The van der Waals surface area contributed by atoms with Gasteiger partial charge in [0.25, 0.3) is 5.91 Å². The number of rotatable bonds is 2. The van der Waals surface area contributed by atoms with Crippen molar-refractivity contribution in [3.63, 3.8) is 0 Å². The molecule has 0 fully saturated rings. The zero-order chi connectivity index (χ0) is 10.7. The highest BCUT2D eigenvalue weighted by Crippen LogP contribution is 2.13. The van der Waals surface area contributed by atoms with E-state index in [4.69, 9.17) is 5.21 Å². The Hall–Kier alpha value is -2.17. The Morgan fingerprint density at radius 3 is 2.80 bits per heavy atom. The van der Waals surface area contributed by atoms with Crippen LogP contribution < -0.4 is 5.43 Å². The number of benzene rings is 1. The summed E-state index contributed by atoms with van der Waals surface area (Å²) in [4.78, 5) is 11.3. The molecule has 1 unspecified atom stereocenters. The van der Waals surface area contributed by atoms with Crippen molar-refractivity contribution in [1.82, 2.24) is 5.43 Å². The molecule has 0 bridgehead atoms. The summed E-state index contributed by atoms with van der Waals surface area (Å²) in [7, 11) is 0. The Balaban J connectivity index is 2.34. The van der Waals surface area contributed by atoms with Crippen molar-refractivity contribution in [2.24, 2.45) is 16.2 Å². The van der Waals surface area contributed by atoms with Crippen LogP contribution >= 0.6 is 0 Å². The van der Waals surface area contributed by atoms with Crippen LogP contribution in [0.2, 0.25) is 0 Å². The van der Waals surface area contributed by atoms with Gasteiger partial charge in [-0.1, -0.05) is 30.3 Å². The first kappa shape index (κ1) is 9.39. The fourth-order valence-corrected chi connectivity index (χ4v) is 1.44. The fourth-order valence-electron chi connectivity index (χ4n) is 1.44. The van der Waals surface area contributed by atoms with Crippen molar-refractivity contribution < 1.29 is 10.0 Å². The third-order valence-electron chi connectivity index (χ3n) is 2.15. The van der Waals surface area contributed by atoms with Crippen LogP contribution in [0.3, 0.4) is 0 Å². The highest BCUT2D eigenvalue weighted by molar-refractivity contribution is 6.24. The summed E-state index contributed by atoms with van der Waals surface area (Å²) in [6.07, 6.45) is 1.16. The molecule has 2 rings (SSSR count). The van der Waals surface area contributed by atoms with Crippen LogP contribution in [0, 0.1) is 5.92 Å². The van der Waals surface area contributed by atoms with Crippen LogP contribution in [-0.4, -0.2) is 23.0 Å². The Kier molecular flexibility index (Phi) is 2.45. The summed E-state index contributed by atoms with van der Waals surface area (Å²) in [5.41, 5.74) is 3.75. The van der Waals surface area contributed by atoms with Crippen LogP contribution in [0.25, 0.3) is 0 Å². The monoisotopic (exact) mass is 203 g/mol. The molecule has 0 saturated heterocycles. The molecular weight excluding hydrogens is 194 g/mol. The quantitative estimate of drug-likeness (QED) is 0.419. The van der Waals surface area contributed by atoms with Gasteiger partial charge in [-0.25, -0.2) is 5.43 Å². The van der Waals surface area contributed by atoms with Gasteiger partial charge in [0.15, 0.2) is 0 Å². The predicted octanol–water partition coefficient (Wildman–Crippen LogP) is 0.597. The Labute approximate surface area is 86.1 Å². The first-order valence-corrected chi connectivity index (χ1v) is 4.43. The molecule has 0 spiro atoms. The summed E-state index contributed by atoms with van der Waals surface area (Å²) in [5.74, 6) is -0.899. The second kappa shape index (κ2) is 3.91. The van der Waals surface area contributed by atoms with Gasteiger partial charge in [0.2, 0.25) is 0 Å². The molecule has 1 aromatic rings. The highest BCUT2D eigenvalue weighted by Gasteiger charge is 2.29. The molecule has 1 aromatic carbocycles. The van der Waals surface area contributed by atoms with Gasteiger partial charge in [0.05, 0.1) is 11.9 Å². The van der Waals surface area contributed by atoms with E-state index < -0.39 is 5.92 Å². The zero-order valence-electron chi connectivity index (χ0n) is 7.79.